The summed E-state index contributed by atoms with van der Waals surface area (Å²) in [6, 6.07) is 17.7. The van der Waals surface area contributed by atoms with E-state index in [9.17, 15) is 0 Å². The highest BCUT2D eigenvalue weighted by Crippen LogP contribution is 2.33. The first kappa shape index (κ1) is 23.7. The molecule has 0 spiro atoms. The fourth-order valence-corrected chi connectivity index (χ4v) is 4.20. The second kappa shape index (κ2) is 11.6. The number of ether oxygens (including phenoxy) is 2. The second-order valence-corrected chi connectivity index (χ2v) is 8.06. The monoisotopic (exact) mass is 536 g/mol. The number of benzene rings is 2. The Morgan fingerprint density at radius 1 is 1.10 bits per heavy atom. The van der Waals surface area contributed by atoms with Gasteiger partial charge in [0.1, 0.15) is 0 Å². The van der Waals surface area contributed by atoms with Gasteiger partial charge in [0.2, 0.25) is 0 Å². The van der Waals surface area contributed by atoms with E-state index < -0.39 is 0 Å². The molecule has 2 heterocycles. The number of hydrogen-bond acceptors (Lipinski definition) is 4. The van der Waals surface area contributed by atoms with Crippen molar-refractivity contribution < 1.29 is 9.47 Å². The summed E-state index contributed by atoms with van der Waals surface area (Å²) in [4.78, 5) is 6.97. The molecule has 2 aliphatic heterocycles. The van der Waals surface area contributed by atoms with Crippen molar-refractivity contribution in [2.24, 2.45) is 4.99 Å². The molecule has 0 bridgehead atoms. The normalized spacial score (nSPS) is 21.2. The average molecular weight is 536 g/mol. The number of fused-ring (bicyclic) bond motifs is 1. The topological polar surface area (TPSA) is 58.1 Å². The molecule has 1 saturated heterocycles. The molecule has 2 aromatic rings. The maximum absolute atomic E-state index is 5.93. The van der Waals surface area contributed by atoms with Crippen LogP contribution >= 0.6 is 24.0 Å². The van der Waals surface area contributed by atoms with Gasteiger partial charge in [0, 0.05) is 50.7 Å². The van der Waals surface area contributed by atoms with E-state index in [1.54, 1.807) is 0 Å². The zero-order valence-electron chi connectivity index (χ0n) is 18.3. The predicted molar refractivity (Wildman–Crippen MR) is 136 cm³/mol. The molecule has 2 aliphatic rings. The molecule has 0 amide bonds. The van der Waals surface area contributed by atoms with Crippen molar-refractivity contribution in [3.63, 3.8) is 0 Å². The SMILES string of the molecule is CN=C(NCc1cccc2c1OCCCO2)NC1CC(C)N(Cc2ccccc2)C1.I. The van der Waals surface area contributed by atoms with Crippen LogP contribution < -0.4 is 20.1 Å². The van der Waals surface area contributed by atoms with Crippen LogP contribution in [0.4, 0.5) is 0 Å². The Kier molecular flexibility index (Phi) is 8.83. The van der Waals surface area contributed by atoms with Gasteiger partial charge < -0.3 is 20.1 Å². The number of nitrogens with one attached hydrogen (secondary N) is 2. The number of likely N-dealkylation sites (tertiary alicyclic amines) is 1. The van der Waals surface area contributed by atoms with Crippen LogP contribution in [-0.2, 0) is 13.1 Å². The van der Waals surface area contributed by atoms with Crippen molar-refractivity contribution in [1.82, 2.24) is 15.5 Å². The highest BCUT2D eigenvalue weighted by atomic mass is 127. The Morgan fingerprint density at radius 3 is 2.71 bits per heavy atom. The van der Waals surface area contributed by atoms with E-state index in [2.05, 4.69) is 63.8 Å². The van der Waals surface area contributed by atoms with Gasteiger partial charge in [-0.2, -0.15) is 0 Å². The predicted octanol–water partition coefficient (Wildman–Crippen LogP) is 3.79. The largest absolute Gasteiger partial charge is 0.490 e. The average Bonchev–Trinajstić information content (AvgIpc) is 2.95. The van der Waals surface area contributed by atoms with Gasteiger partial charge in [0.15, 0.2) is 17.5 Å². The fourth-order valence-electron chi connectivity index (χ4n) is 4.20. The minimum absolute atomic E-state index is 0. The molecule has 0 radical (unpaired) electrons. The Hall–Kier alpha value is -2.00. The number of para-hydroxylation sites is 1. The van der Waals surface area contributed by atoms with Gasteiger partial charge >= 0.3 is 0 Å². The van der Waals surface area contributed by atoms with E-state index in [0.717, 1.165) is 49.0 Å². The van der Waals surface area contributed by atoms with Gasteiger partial charge in [-0.1, -0.05) is 42.5 Å². The number of halogens is 1. The summed E-state index contributed by atoms with van der Waals surface area (Å²) < 4.78 is 11.7. The van der Waals surface area contributed by atoms with Gasteiger partial charge in [-0.15, -0.1) is 24.0 Å². The van der Waals surface area contributed by atoms with E-state index in [0.29, 0.717) is 31.8 Å². The minimum Gasteiger partial charge on any atom is -0.490 e. The van der Waals surface area contributed by atoms with E-state index >= 15 is 0 Å². The number of guanidine groups is 1. The van der Waals surface area contributed by atoms with Gasteiger partial charge in [-0.05, 0) is 25.0 Å². The Morgan fingerprint density at radius 2 is 1.90 bits per heavy atom. The van der Waals surface area contributed by atoms with Crippen molar-refractivity contribution in [2.75, 3.05) is 26.8 Å². The van der Waals surface area contributed by atoms with Crippen molar-refractivity contribution in [2.45, 2.75) is 44.9 Å². The Bertz CT molecular complexity index is 862. The highest BCUT2D eigenvalue weighted by Gasteiger charge is 2.29. The zero-order valence-corrected chi connectivity index (χ0v) is 20.7. The Balaban J connectivity index is 0.00000272. The van der Waals surface area contributed by atoms with Crippen LogP contribution in [0.15, 0.2) is 53.5 Å². The maximum Gasteiger partial charge on any atom is 0.191 e. The molecule has 31 heavy (non-hydrogen) atoms. The third-order valence-electron chi connectivity index (χ3n) is 5.80. The van der Waals surface area contributed by atoms with Gasteiger partial charge in [0.25, 0.3) is 0 Å². The summed E-state index contributed by atoms with van der Waals surface area (Å²) in [5, 5.41) is 7.05. The molecule has 4 rings (SSSR count). The third kappa shape index (κ3) is 6.26. The lowest BCUT2D eigenvalue weighted by molar-refractivity contribution is 0.258. The lowest BCUT2D eigenvalue weighted by Crippen LogP contribution is -2.44. The number of aliphatic imine (C=N–C) groups is 1. The van der Waals surface area contributed by atoms with Gasteiger partial charge in [-0.25, -0.2) is 0 Å². The van der Waals surface area contributed by atoms with Crippen molar-refractivity contribution in [1.29, 1.82) is 0 Å². The number of hydrogen-bond donors (Lipinski definition) is 2. The van der Waals surface area contributed by atoms with Crippen molar-refractivity contribution in [3.8, 4) is 11.5 Å². The molecular weight excluding hydrogens is 503 g/mol. The quantitative estimate of drug-likeness (QED) is 0.346. The molecule has 6 nitrogen and oxygen atoms in total. The molecular formula is C24H33IN4O2. The molecule has 7 heteroatoms. The van der Waals surface area contributed by atoms with Crippen LogP contribution in [0.25, 0.3) is 0 Å². The first-order valence-corrected chi connectivity index (χ1v) is 10.9. The van der Waals surface area contributed by atoms with Crippen LogP contribution in [0.3, 0.4) is 0 Å². The first-order valence-electron chi connectivity index (χ1n) is 10.9. The zero-order chi connectivity index (χ0) is 20.8. The standard InChI is InChI=1S/C24H32N4O2.HI/c1-18-14-21(17-28(18)16-19-8-4-3-5-9-19)27-24(25-2)26-15-20-10-6-11-22-23(20)30-13-7-12-29-22;/h3-6,8-11,18,21H,7,12-17H2,1-2H3,(H2,25,26,27);1H. The molecule has 0 saturated carbocycles. The van der Waals surface area contributed by atoms with Crippen LogP contribution in [-0.4, -0.2) is 49.7 Å². The summed E-state index contributed by atoms with van der Waals surface area (Å²) in [5.41, 5.74) is 2.45. The van der Waals surface area contributed by atoms with Gasteiger partial charge in [-0.3, -0.25) is 9.89 Å². The maximum atomic E-state index is 5.93. The summed E-state index contributed by atoms with van der Waals surface area (Å²) in [5.74, 6) is 2.50. The fraction of sp³-hybridized carbons (Fsp3) is 0.458. The van der Waals surface area contributed by atoms with E-state index in [-0.39, 0.29) is 24.0 Å². The lowest BCUT2D eigenvalue weighted by Gasteiger charge is -2.21. The molecule has 0 aliphatic carbocycles. The second-order valence-electron chi connectivity index (χ2n) is 8.06. The van der Waals surface area contributed by atoms with Crippen LogP contribution in [0.5, 0.6) is 11.5 Å². The molecule has 168 valence electrons. The molecule has 2 aromatic carbocycles. The molecule has 2 unspecified atom stereocenters. The minimum atomic E-state index is 0. The molecule has 2 atom stereocenters. The van der Waals surface area contributed by atoms with Crippen molar-refractivity contribution >= 4 is 29.9 Å². The van der Waals surface area contributed by atoms with Gasteiger partial charge in [0.05, 0.1) is 13.2 Å². The summed E-state index contributed by atoms with van der Waals surface area (Å²) >= 11 is 0. The van der Waals surface area contributed by atoms with E-state index in [1.165, 1.54) is 5.56 Å². The summed E-state index contributed by atoms with van der Waals surface area (Å²) in [7, 11) is 1.82. The molecule has 2 N–H and O–H groups in total. The van der Waals surface area contributed by atoms with Crippen LogP contribution in [0.1, 0.15) is 30.9 Å². The summed E-state index contributed by atoms with van der Waals surface area (Å²) in [6.45, 7) is 6.33. The highest BCUT2D eigenvalue weighted by molar-refractivity contribution is 14.0. The molecule has 0 aromatic heterocycles. The molecule has 1 fully saturated rings. The summed E-state index contributed by atoms with van der Waals surface area (Å²) in [6.07, 6.45) is 2.01. The van der Waals surface area contributed by atoms with Crippen LogP contribution in [0.2, 0.25) is 0 Å². The smallest absolute Gasteiger partial charge is 0.191 e. The number of rotatable bonds is 5. The van der Waals surface area contributed by atoms with E-state index in [1.807, 2.05) is 19.2 Å². The van der Waals surface area contributed by atoms with E-state index in [4.69, 9.17) is 9.47 Å². The van der Waals surface area contributed by atoms with Crippen molar-refractivity contribution in [3.05, 3.63) is 59.7 Å². The first-order chi connectivity index (χ1) is 14.7. The van der Waals surface area contributed by atoms with Crippen LogP contribution in [0, 0.1) is 0 Å². The lowest BCUT2D eigenvalue weighted by atomic mass is 10.2. The number of nitrogens with zero attached hydrogens (tertiary/aromatic N) is 2. The third-order valence-corrected chi connectivity index (χ3v) is 5.80. The Labute approximate surface area is 202 Å².